The van der Waals surface area contributed by atoms with Gasteiger partial charge in [-0.15, -0.1) is 0 Å². The van der Waals surface area contributed by atoms with Crippen LogP contribution in [0.4, 0.5) is 0 Å². The Morgan fingerprint density at radius 2 is 1.78 bits per heavy atom. The minimum Gasteiger partial charge on any atom is -0.354 e. The van der Waals surface area contributed by atoms with Crippen molar-refractivity contribution in [2.24, 2.45) is 5.92 Å². The topological polar surface area (TPSA) is 75.3 Å². The molecule has 0 saturated heterocycles. The third kappa shape index (κ3) is 7.81. The Bertz CT molecular complexity index is 301. The monoisotopic (exact) mass is 256 g/mol. The van der Waals surface area contributed by atoms with Gasteiger partial charge < -0.3 is 10.6 Å². The quantitative estimate of drug-likeness (QED) is 0.681. The summed E-state index contributed by atoms with van der Waals surface area (Å²) >= 11 is 0. The first-order chi connectivity index (χ1) is 8.36. The van der Waals surface area contributed by atoms with Crippen molar-refractivity contribution in [1.29, 1.82) is 0 Å². The van der Waals surface area contributed by atoms with Crippen LogP contribution in [0.2, 0.25) is 0 Å². The molecule has 18 heavy (non-hydrogen) atoms. The lowest BCUT2D eigenvalue weighted by molar-refractivity contribution is -0.129. The standard InChI is InChI=1S/C13H24N2O3/c1-5-12(17)15-11(8-9(2)3)13(18)14-7-6-10(4)16/h9,11H,5-8H2,1-4H3,(H,14,18)(H,15,17)/t11-/m0/s1. The van der Waals surface area contributed by atoms with Gasteiger partial charge in [-0.3, -0.25) is 14.4 Å². The van der Waals surface area contributed by atoms with Crippen LogP contribution in [0.3, 0.4) is 0 Å². The van der Waals surface area contributed by atoms with E-state index in [9.17, 15) is 14.4 Å². The lowest BCUT2D eigenvalue weighted by Gasteiger charge is -2.19. The van der Waals surface area contributed by atoms with Gasteiger partial charge in [0.15, 0.2) is 0 Å². The molecular weight excluding hydrogens is 232 g/mol. The fraction of sp³-hybridized carbons (Fsp3) is 0.769. The van der Waals surface area contributed by atoms with E-state index in [0.717, 1.165) is 0 Å². The molecule has 0 aromatic heterocycles. The zero-order chi connectivity index (χ0) is 14.1. The molecule has 0 aliphatic rings. The lowest BCUT2D eigenvalue weighted by atomic mass is 10.0. The molecule has 0 aliphatic heterocycles. The molecule has 0 fully saturated rings. The molecule has 1 atom stereocenters. The number of hydrogen-bond acceptors (Lipinski definition) is 3. The molecule has 0 saturated carbocycles. The van der Waals surface area contributed by atoms with Gasteiger partial charge in [0.1, 0.15) is 11.8 Å². The average molecular weight is 256 g/mol. The van der Waals surface area contributed by atoms with E-state index in [1.54, 1.807) is 6.92 Å². The maximum absolute atomic E-state index is 11.9. The molecule has 0 spiro atoms. The Hall–Kier alpha value is -1.39. The third-order valence-corrected chi connectivity index (χ3v) is 2.46. The van der Waals surface area contributed by atoms with E-state index in [4.69, 9.17) is 0 Å². The summed E-state index contributed by atoms with van der Waals surface area (Å²) < 4.78 is 0. The average Bonchev–Trinajstić information content (AvgIpc) is 2.26. The second-order valence-electron chi connectivity index (χ2n) is 4.85. The van der Waals surface area contributed by atoms with E-state index >= 15 is 0 Å². The van der Waals surface area contributed by atoms with E-state index < -0.39 is 6.04 Å². The summed E-state index contributed by atoms with van der Waals surface area (Å²) in [6.07, 6.45) is 1.27. The highest BCUT2D eigenvalue weighted by Crippen LogP contribution is 2.05. The van der Waals surface area contributed by atoms with Crippen molar-refractivity contribution >= 4 is 17.6 Å². The third-order valence-electron chi connectivity index (χ3n) is 2.46. The number of carbonyl (C=O) groups is 3. The maximum Gasteiger partial charge on any atom is 0.242 e. The number of amides is 2. The number of Topliss-reactive ketones (excluding diaryl/α,β-unsaturated/α-hetero) is 1. The molecule has 0 bridgehead atoms. The SMILES string of the molecule is CCC(=O)N[C@@H](CC(C)C)C(=O)NCCC(C)=O. The first-order valence-electron chi connectivity index (χ1n) is 6.43. The minimum absolute atomic E-state index is 0.0355. The number of ketones is 1. The molecule has 2 amide bonds. The van der Waals surface area contributed by atoms with Crippen molar-refractivity contribution < 1.29 is 14.4 Å². The lowest BCUT2D eigenvalue weighted by Crippen LogP contribution is -2.47. The van der Waals surface area contributed by atoms with E-state index in [1.807, 2.05) is 13.8 Å². The summed E-state index contributed by atoms with van der Waals surface area (Å²) in [7, 11) is 0. The van der Waals surface area contributed by atoms with Gasteiger partial charge in [-0.1, -0.05) is 20.8 Å². The number of nitrogens with one attached hydrogen (secondary N) is 2. The Labute approximate surface area is 109 Å². The normalized spacial score (nSPS) is 12.1. The van der Waals surface area contributed by atoms with Crippen LogP contribution in [0.5, 0.6) is 0 Å². The molecule has 0 aliphatic carbocycles. The van der Waals surface area contributed by atoms with Gasteiger partial charge in [0, 0.05) is 19.4 Å². The molecule has 0 unspecified atom stereocenters. The van der Waals surface area contributed by atoms with Crippen LogP contribution >= 0.6 is 0 Å². The summed E-state index contributed by atoms with van der Waals surface area (Å²) in [6.45, 7) is 7.54. The van der Waals surface area contributed by atoms with Gasteiger partial charge in [-0.25, -0.2) is 0 Å². The molecule has 0 radical (unpaired) electrons. The Morgan fingerprint density at radius 1 is 1.17 bits per heavy atom. The molecular formula is C13H24N2O3. The molecule has 0 aromatic carbocycles. The second kappa shape index (κ2) is 8.66. The second-order valence-corrected chi connectivity index (χ2v) is 4.85. The largest absolute Gasteiger partial charge is 0.354 e. The summed E-state index contributed by atoms with van der Waals surface area (Å²) in [6, 6.07) is -0.510. The molecule has 2 N–H and O–H groups in total. The molecule has 5 heteroatoms. The summed E-state index contributed by atoms with van der Waals surface area (Å²) in [4.78, 5) is 34.0. The van der Waals surface area contributed by atoms with Crippen LogP contribution < -0.4 is 10.6 Å². The predicted octanol–water partition coefficient (Wildman–Crippen LogP) is 1.02. The molecule has 104 valence electrons. The fourth-order valence-corrected chi connectivity index (χ4v) is 1.48. The van der Waals surface area contributed by atoms with E-state index in [2.05, 4.69) is 10.6 Å². The number of rotatable bonds is 8. The van der Waals surface area contributed by atoms with E-state index in [1.165, 1.54) is 6.92 Å². The van der Waals surface area contributed by atoms with Crippen LogP contribution in [-0.4, -0.2) is 30.2 Å². The van der Waals surface area contributed by atoms with Crippen molar-refractivity contribution in [3.8, 4) is 0 Å². The van der Waals surface area contributed by atoms with Gasteiger partial charge in [0.2, 0.25) is 11.8 Å². The summed E-state index contributed by atoms with van der Waals surface area (Å²) in [5.74, 6) is -0.00636. The highest BCUT2D eigenvalue weighted by atomic mass is 16.2. The van der Waals surface area contributed by atoms with E-state index in [-0.39, 0.29) is 17.6 Å². The van der Waals surface area contributed by atoms with Crippen LogP contribution in [0, 0.1) is 5.92 Å². The highest BCUT2D eigenvalue weighted by Gasteiger charge is 2.20. The first kappa shape index (κ1) is 16.6. The smallest absolute Gasteiger partial charge is 0.242 e. The van der Waals surface area contributed by atoms with Gasteiger partial charge >= 0.3 is 0 Å². The number of carbonyl (C=O) groups excluding carboxylic acids is 3. The number of hydrogen-bond donors (Lipinski definition) is 2. The Kier molecular flexibility index (Phi) is 8.00. The zero-order valence-electron chi connectivity index (χ0n) is 11.7. The van der Waals surface area contributed by atoms with Gasteiger partial charge in [-0.2, -0.15) is 0 Å². The van der Waals surface area contributed by atoms with Gasteiger partial charge in [-0.05, 0) is 19.3 Å². The van der Waals surface area contributed by atoms with Crippen LogP contribution in [-0.2, 0) is 14.4 Å². The van der Waals surface area contributed by atoms with Gasteiger partial charge in [0.05, 0.1) is 0 Å². The summed E-state index contributed by atoms with van der Waals surface area (Å²) in [5.41, 5.74) is 0. The molecule has 5 nitrogen and oxygen atoms in total. The first-order valence-corrected chi connectivity index (χ1v) is 6.43. The van der Waals surface area contributed by atoms with Crippen molar-refractivity contribution in [3.63, 3.8) is 0 Å². The maximum atomic E-state index is 11.9. The summed E-state index contributed by atoms with van der Waals surface area (Å²) in [5, 5.41) is 5.37. The Morgan fingerprint density at radius 3 is 2.22 bits per heavy atom. The van der Waals surface area contributed by atoms with Crippen molar-refractivity contribution in [2.75, 3.05) is 6.54 Å². The van der Waals surface area contributed by atoms with E-state index in [0.29, 0.717) is 31.7 Å². The van der Waals surface area contributed by atoms with Crippen LogP contribution in [0.25, 0.3) is 0 Å². The minimum atomic E-state index is -0.510. The molecule has 0 rings (SSSR count). The Balaban J connectivity index is 4.30. The van der Waals surface area contributed by atoms with Crippen molar-refractivity contribution in [2.45, 2.75) is 53.0 Å². The van der Waals surface area contributed by atoms with Crippen LogP contribution in [0.1, 0.15) is 47.0 Å². The van der Waals surface area contributed by atoms with Crippen LogP contribution in [0.15, 0.2) is 0 Å². The van der Waals surface area contributed by atoms with Crippen molar-refractivity contribution in [1.82, 2.24) is 10.6 Å². The predicted molar refractivity (Wildman–Crippen MR) is 70.0 cm³/mol. The van der Waals surface area contributed by atoms with Gasteiger partial charge in [0.25, 0.3) is 0 Å². The molecule has 0 heterocycles. The zero-order valence-corrected chi connectivity index (χ0v) is 11.7. The molecule has 0 aromatic rings. The highest BCUT2D eigenvalue weighted by molar-refractivity contribution is 5.87. The van der Waals surface area contributed by atoms with Crippen molar-refractivity contribution in [3.05, 3.63) is 0 Å². The fourth-order valence-electron chi connectivity index (χ4n) is 1.48.